The van der Waals surface area contributed by atoms with E-state index in [1.165, 1.54) is 12.8 Å². The second-order valence-electron chi connectivity index (χ2n) is 4.63. The summed E-state index contributed by atoms with van der Waals surface area (Å²) in [6.45, 7) is 0.640. The predicted molar refractivity (Wildman–Crippen MR) is 78.2 cm³/mol. The van der Waals surface area contributed by atoms with Gasteiger partial charge in [-0.05, 0) is 37.1 Å². The number of amides is 1. The van der Waals surface area contributed by atoms with Gasteiger partial charge in [0.15, 0.2) is 0 Å². The smallest absolute Gasteiger partial charge is 0.254 e. The molecule has 0 atom stereocenters. The standard InChI is InChI=1S/C14H17BrClNO/c15-12-7-5-11(6-8-12)14(18)17(10-9-16)13-3-1-2-4-13/h5-8,13H,1-4,9-10H2. The minimum absolute atomic E-state index is 0.107. The molecular formula is C14H17BrClNO. The highest BCUT2D eigenvalue weighted by Gasteiger charge is 2.26. The molecule has 1 aromatic carbocycles. The van der Waals surface area contributed by atoms with Crippen LogP contribution in [0.5, 0.6) is 0 Å². The van der Waals surface area contributed by atoms with Gasteiger partial charge in [0.25, 0.3) is 5.91 Å². The Kier molecular flexibility index (Phi) is 5.07. The topological polar surface area (TPSA) is 20.3 Å². The summed E-state index contributed by atoms with van der Waals surface area (Å²) in [5.41, 5.74) is 0.746. The van der Waals surface area contributed by atoms with Gasteiger partial charge < -0.3 is 4.90 Å². The van der Waals surface area contributed by atoms with Gasteiger partial charge in [0.2, 0.25) is 0 Å². The van der Waals surface area contributed by atoms with Crippen LogP contribution in [-0.4, -0.2) is 29.3 Å². The van der Waals surface area contributed by atoms with Crippen molar-refractivity contribution < 1.29 is 4.79 Å². The molecule has 1 saturated carbocycles. The lowest BCUT2D eigenvalue weighted by Crippen LogP contribution is -2.40. The monoisotopic (exact) mass is 329 g/mol. The van der Waals surface area contributed by atoms with Crippen molar-refractivity contribution >= 4 is 33.4 Å². The Labute approximate surface area is 121 Å². The number of rotatable bonds is 4. The molecule has 1 aliphatic rings. The number of hydrogen-bond donors (Lipinski definition) is 0. The van der Waals surface area contributed by atoms with E-state index in [9.17, 15) is 4.79 Å². The van der Waals surface area contributed by atoms with Crippen molar-refractivity contribution in [2.45, 2.75) is 31.7 Å². The quantitative estimate of drug-likeness (QED) is 0.762. The lowest BCUT2D eigenvalue weighted by molar-refractivity contribution is 0.0695. The fourth-order valence-corrected chi connectivity index (χ4v) is 2.96. The van der Waals surface area contributed by atoms with Gasteiger partial charge in [-0.2, -0.15) is 0 Å². The van der Waals surface area contributed by atoms with Crippen molar-refractivity contribution in [1.82, 2.24) is 4.90 Å². The first-order valence-corrected chi connectivity index (χ1v) is 7.67. The Morgan fingerprint density at radius 2 is 1.89 bits per heavy atom. The zero-order chi connectivity index (χ0) is 13.0. The van der Waals surface area contributed by atoms with Gasteiger partial charge in [0.05, 0.1) is 0 Å². The van der Waals surface area contributed by atoms with Gasteiger partial charge in [-0.15, -0.1) is 11.6 Å². The van der Waals surface area contributed by atoms with Gasteiger partial charge in [0.1, 0.15) is 0 Å². The molecule has 2 nitrogen and oxygen atoms in total. The Bertz CT molecular complexity index is 401. The van der Waals surface area contributed by atoms with Crippen LogP contribution in [0.2, 0.25) is 0 Å². The van der Waals surface area contributed by atoms with Gasteiger partial charge in [-0.25, -0.2) is 0 Å². The van der Waals surface area contributed by atoms with Gasteiger partial charge >= 0.3 is 0 Å². The number of halogens is 2. The van der Waals surface area contributed by atoms with Crippen LogP contribution in [0.4, 0.5) is 0 Å². The number of alkyl halides is 1. The van der Waals surface area contributed by atoms with Crippen LogP contribution in [0.15, 0.2) is 28.7 Å². The van der Waals surface area contributed by atoms with Crippen molar-refractivity contribution in [3.8, 4) is 0 Å². The first-order valence-electron chi connectivity index (χ1n) is 6.35. The molecule has 0 heterocycles. The lowest BCUT2D eigenvalue weighted by Gasteiger charge is -2.28. The van der Waals surface area contributed by atoms with Gasteiger partial charge in [-0.3, -0.25) is 4.79 Å². The molecule has 0 aliphatic heterocycles. The maximum absolute atomic E-state index is 12.5. The zero-order valence-electron chi connectivity index (χ0n) is 10.2. The minimum atomic E-state index is 0.107. The molecule has 4 heteroatoms. The first-order chi connectivity index (χ1) is 8.72. The van der Waals surface area contributed by atoms with Gasteiger partial charge in [-0.1, -0.05) is 28.8 Å². The fourth-order valence-electron chi connectivity index (χ4n) is 2.52. The van der Waals surface area contributed by atoms with Crippen molar-refractivity contribution in [3.63, 3.8) is 0 Å². The summed E-state index contributed by atoms with van der Waals surface area (Å²) in [4.78, 5) is 14.4. The van der Waals surface area contributed by atoms with Crippen LogP contribution in [0, 0.1) is 0 Å². The third kappa shape index (κ3) is 3.27. The molecular weight excluding hydrogens is 314 g/mol. The summed E-state index contributed by atoms with van der Waals surface area (Å²) < 4.78 is 0.990. The molecule has 18 heavy (non-hydrogen) atoms. The third-order valence-corrected chi connectivity index (χ3v) is 4.14. The molecule has 0 aromatic heterocycles. The van der Waals surface area contributed by atoms with E-state index in [1.807, 2.05) is 29.2 Å². The maximum atomic E-state index is 12.5. The molecule has 2 rings (SSSR count). The molecule has 1 fully saturated rings. The van der Waals surface area contributed by atoms with Crippen molar-refractivity contribution in [2.75, 3.05) is 12.4 Å². The van der Waals surface area contributed by atoms with Crippen LogP contribution in [0.3, 0.4) is 0 Å². The van der Waals surface area contributed by atoms with Crippen LogP contribution in [0.1, 0.15) is 36.0 Å². The summed E-state index contributed by atoms with van der Waals surface area (Å²) in [6, 6.07) is 7.91. The molecule has 0 unspecified atom stereocenters. The number of benzene rings is 1. The normalized spacial score (nSPS) is 15.9. The average Bonchev–Trinajstić information content (AvgIpc) is 2.90. The zero-order valence-corrected chi connectivity index (χ0v) is 12.6. The Morgan fingerprint density at radius 1 is 1.28 bits per heavy atom. The summed E-state index contributed by atoms with van der Waals surface area (Å²) in [5, 5.41) is 0. The molecule has 98 valence electrons. The van der Waals surface area contributed by atoms with E-state index in [-0.39, 0.29) is 5.91 Å². The number of carbonyl (C=O) groups is 1. The van der Waals surface area contributed by atoms with E-state index in [0.717, 1.165) is 22.9 Å². The second-order valence-corrected chi connectivity index (χ2v) is 5.93. The summed E-state index contributed by atoms with van der Waals surface area (Å²) >= 11 is 9.21. The molecule has 1 aliphatic carbocycles. The van der Waals surface area contributed by atoms with Crippen molar-refractivity contribution in [1.29, 1.82) is 0 Å². The van der Waals surface area contributed by atoms with E-state index >= 15 is 0 Å². The molecule has 1 aromatic rings. The second kappa shape index (κ2) is 6.58. The Morgan fingerprint density at radius 3 is 2.44 bits per heavy atom. The van der Waals surface area contributed by atoms with Crippen LogP contribution < -0.4 is 0 Å². The highest BCUT2D eigenvalue weighted by atomic mass is 79.9. The maximum Gasteiger partial charge on any atom is 0.254 e. The highest BCUT2D eigenvalue weighted by molar-refractivity contribution is 9.10. The molecule has 1 amide bonds. The highest BCUT2D eigenvalue weighted by Crippen LogP contribution is 2.25. The SMILES string of the molecule is O=C(c1ccc(Br)cc1)N(CCCl)C1CCCC1. The number of nitrogens with zero attached hydrogens (tertiary/aromatic N) is 1. The van der Waals surface area contributed by atoms with Crippen molar-refractivity contribution in [2.24, 2.45) is 0 Å². The number of hydrogen-bond acceptors (Lipinski definition) is 1. The molecule has 0 bridgehead atoms. The van der Waals surface area contributed by atoms with Crippen molar-refractivity contribution in [3.05, 3.63) is 34.3 Å². The van der Waals surface area contributed by atoms with E-state index < -0.39 is 0 Å². The van der Waals surface area contributed by atoms with Crippen LogP contribution in [-0.2, 0) is 0 Å². The molecule has 0 spiro atoms. The van der Waals surface area contributed by atoms with E-state index in [1.54, 1.807) is 0 Å². The van der Waals surface area contributed by atoms with E-state index in [0.29, 0.717) is 18.5 Å². The predicted octanol–water partition coefficient (Wildman–Crippen LogP) is 4.07. The summed E-state index contributed by atoms with van der Waals surface area (Å²) in [5.74, 6) is 0.605. The van der Waals surface area contributed by atoms with E-state index in [2.05, 4.69) is 15.9 Å². The Balaban J connectivity index is 2.14. The lowest BCUT2D eigenvalue weighted by atomic mass is 10.1. The minimum Gasteiger partial charge on any atom is -0.334 e. The fraction of sp³-hybridized carbons (Fsp3) is 0.500. The average molecular weight is 331 g/mol. The van der Waals surface area contributed by atoms with Crippen LogP contribution >= 0.6 is 27.5 Å². The largest absolute Gasteiger partial charge is 0.334 e. The summed E-state index contributed by atoms with van der Waals surface area (Å²) in [7, 11) is 0. The first kappa shape index (κ1) is 13.9. The van der Waals surface area contributed by atoms with E-state index in [4.69, 9.17) is 11.6 Å². The molecule has 0 saturated heterocycles. The van der Waals surface area contributed by atoms with Crippen LogP contribution in [0.25, 0.3) is 0 Å². The molecule has 0 radical (unpaired) electrons. The number of carbonyl (C=O) groups excluding carboxylic acids is 1. The Hall–Kier alpha value is -0.540. The molecule has 0 N–H and O–H groups in total. The third-order valence-electron chi connectivity index (χ3n) is 3.44. The van der Waals surface area contributed by atoms with Gasteiger partial charge in [0, 0.05) is 28.5 Å². The summed E-state index contributed by atoms with van der Waals surface area (Å²) in [6.07, 6.45) is 4.66.